The number of rotatable bonds is 14. The van der Waals surface area contributed by atoms with E-state index in [1.807, 2.05) is 58.0 Å². The van der Waals surface area contributed by atoms with Gasteiger partial charge in [0.2, 0.25) is 0 Å². The highest BCUT2D eigenvalue weighted by molar-refractivity contribution is 6.65. The van der Waals surface area contributed by atoms with Crippen LogP contribution in [0.3, 0.4) is 0 Å². The first-order chi connectivity index (χ1) is 18.6. The Morgan fingerprint density at radius 3 is 1.77 bits per heavy atom. The molecule has 6 heteroatoms. The van der Waals surface area contributed by atoms with Crippen LogP contribution >= 0.6 is 0 Å². The van der Waals surface area contributed by atoms with E-state index in [1.54, 1.807) is 4.90 Å². The Labute approximate surface area is 236 Å². The Morgan fingerprint density at radius 2 is 1.23 bits per heavy atom. The number of nitrogens with zero attached hydrogens (tertiary/aromatic N) is 1. The highest BCUT2D eigenvalue weighted by atomic mass is 16.7. The van der Waals surface area contributed by atoms with Crippen molar-refractivity contribution < 1.29 is 18.9 Å². The smallest absolute Gasteiger partial charge is 0.399 e. The van der Waals surface area contributed by atoms with Crippen LogP contribution in [-0.4, -0.2) is 41.1 Å². The zero-order chi connectivity index (χ0) is 28.2. The van der Waals surface area contributed by atoms with Gasteiger partial charge in [0.1, 0.15) is 0 Å². The molecule has 2 aromatic rings. The van der Waals surface area contributed by atoms with Gasteiger partial charge in [-0.25, -0.2) is 0 Å². The summed E-state index contributed by atoms with van der Waals surface area (Å²) in [6, 6.07) is 9.57. The van der Waals surface area contributed by atoms with Gasteiger partial charge in [-0.1, -0.05) is 96.3 Å². The molecule has 2 heterocycles. The minimum Gasteiger partial charge on any atom is -0.399 e. The van der Waals surface area contributed by atoms with E-state index in [0.717, 1.165) is 54.8 Å². The maximum absolute atomic E-state index is 14.0. The third-order valence-electron chi connectivity index (χ3n) is 9.13. The average molecular weight is 534 g/mol. The molecule has 0 radical (unpaired) electrons. The van der Waals surface area contributed by atoms with Crippen LogP contribution in [0, 0.1) is 0 Å². The van der Waals surface area contributed by atoms with Gasteiger partial charge in [-0.05, 0) is 63.5 Å². The molecule has 4 rings (SSSR count). The molecule has 1 saturated heterocycles. The van der Waals surface area contributed by atoms with Crippen molar-refractivity contribution in [3.8, 4) is 0 Å². The zero-order valence-corrected chi connectivity index (χ0v) is 25.1. The molecule has 0 saturated carbocycles. The van der Waals surface area contributed by atoms with E-state index < -0.39 is 18.3 Å². The predicted molar refractivity (Wildman–Crippen MR) is 161 cm³/mol. The van der Waals surface area contributed by atoms with E-state index >= 15 is 0 Å². The number of carbonyl (C=O) groups excluding carboxylic acids is 2. The Morgan fingerprint density at radius 1 is 0.718 bits per heavy atom. The number of amides is 2. The van der Waals surface area contributed by atoms with Crippen LogP contribution in [-0.2, 0) is 9.31 Å². The van der Waals surface area contributed by atoms with E-state index in [2.05, 4.69) is 13.8 Å². The fourth-order valence-corrected chi connectivity index (χ4v) is 6.01. The largest absolute Gasteiger partial charge is 0.495 e. The predicted octanol–water partition coefficient (Wildman–Crippen LogP) is 7.82. The fourth-order valence-electron chi connectivity index (χ4n) is 6.01. The van der Waals surface area contributed by atoms with Gasteiger partial charge < -0.3 is 9.31 Å². The molecule has 2 amide bonds. The van der Waals surface area contributed by atoms with Crippen LogP contribution in [0.4, 0.5) is 0 Å². The van der Waals surface area contributed by atoms with Crippen LogP contribution in [0.25, 0.3) is 10.8 Å². The van der Waals surface area contributed by atoms with E-state index in [9.17, 15) is 9.59 Å². The van der Waals surface area contributed by atoms with E-state index in [0.29, 0.717) is 11.1 Å². The molecule has 39 heavy (non-hydrogen) atoms. The van der Waals surface area contributed by atoms with Crippen LogP contribution < -0.4 is 5.46 Å². The number of imide groups is 1. The molecule has 2 aliphatic heterocycles. The average Bonchev–Trinajstić information content (AvgIpc) is 3.12. The summed E-state index contributed by atoms with van der Waals surface area (Å²) < 4.78 is 12.7. The molecular weight excluding hydrogens is 485 g/mol. The molecule has 0 spiro atoms. The van der Waals surface area contributed by atoms with E-state index in [-0.39, 0.29) is 17.9 Å². The molecule has 2 aliphatic rings. The third-order valence-corrected chi connectivity index (χ3v) is 9.13. The number of hydrogen-bond acceptors (Lipinski definition) is 4. The van der Waals surface area contributed by atoms with Crippen molar-refractivity contribution in [2.45, 2.75) is 136 Å². The lowest BCUT2D eigenvalue weighted by Crippen LogP contribution is -2.47. The van der Waals surface area contributed by atoms with E-state index in [4.69, 9.17) is 9.31 Å². The van der Waals surface area contributed by atoms with Gasteiger partial charge in [0.05, 0.1) is 11.2 Å². The first-order valence-corrected chi connectivity index (χ1v) is 15.4. The molecule has 212 valence electrons. The monoisotopic (exact) mass is 533 g/mol. The SMILES string of the molecule is CCCCCCCC(CCCCCCC)N1C(=O)c2cccc3c(B4OC(C)(C)C(C)(C)O4)ccc(c23)C1=O. The minimum atomic E-state index is -0.554. The molecule has 1 fully saturated rings. The maximum Gasteiger partial charge on any atom is 0.495 e. The molecule has 5 nitrogen and oxygen atoms in total. The molecule has 0 unspecified atom stereocenters. The molecule has 2 aromatic carbocycles. The second-order valence-electron chi connectivity index (χ2n) is 12.6. The van der Waals surface area contributed by atoms with Gasteiger partial charge in [-0.15, -0.1) is 0 Å². The Hall–Kier alpha value is -2.18. The number of carbonyl (C=O) groups is 2. The summed E-state index contributed by atoms with van der Waals surface area (Å²) in [6.45, 7) is 12.6. The van der Waals surface area contributed by atoms with Crippen molar-refractivity contribution in [3.63, 3.8) is 0 Å². The summed E-state index contributed by atoms with van der Waals surface area (Å²) in [7, 11) is -0.554. The summed E-state index contributed by atoms with van der Waals surface area (Å²) in [5.74, 6) is -0.312. The highest BCUT2D eigenvalue weighted by Crippen LogP contribution is 2.38. The van der Waals surface area contributed by atoms with Gasteiger partial charge in [-0.2, -0.15) is 0 Å². The Balaban J connectivity index is 1.63. The topological polar surface area (TPSA) is 55.8 Å². The van der Waals surface area contributed by atoms with Crippen LogP contribution in [0.2, 0.25) is 0 Å². The second kappa shape index (κ2) is 12.6. The molecule has 0 aliphatic carbocycles. The summed E-state index contributed by atoms with van der Waals surface area (Å²) >= 11 is 0. The zero-order valence-electron chi connectivity index (χ0n) is 25.1. The van der Waals surface area contributed by atoms with E-state index in [1.165, 1.54) is 38.5 Å². The van der Waals surface area contributed by atoms with Gasteiger partial charge in [-0.3, -0.25) is 14.5 Å². The first kappa shape index (κ1) is 29.8. The summed E-state index contributed by atoms with van der Waals surface area (Å²) in [4.78, 5) is 29.6. The van der Waals surface area contributed by atoms with Crippen LogP contribution in [0.5, 0.6) is 0 Å². The molecule has 0 aromatic heterocycles. The maximum atomic E-state index is 14.0. The van der Waals surface area contributed by atoms with Crippen LogP contribution in [0.1, 0.15) is 139 Å². The highest BCUT2D eigenvalue weighted by Gasteiger charge is 2.52. The molecular formula is C33H48BNO4. The van der Waals surface area contributed by atoms with Crippen LogP contribution in [0.15, 0.2) is 30.3 Å². The lowest BCUT2D eigenvalue weighted by molar-refractivity contribution is 0.00578. The van der Waals surface area contributed by atoms with Gasteiger partial charge in [0.25, 0.3) is 11.8 Å². The number of unbranched alkanes of at least 4 members (excludes halogenated alkanes) is 8. The number of benzene rings is 2. The number of hydrogen-bond donors (Lipinski definition) is 0. The van der Waals surface area contributed by atoms with Crippen molar-refractivity contribution in [1.82, 2.24) is 4.90 Å². The minimum absolute atomic E-state index is 0.0561. The molecule has 0 N–H and O–H groups in total. The van der Waals surface area contributed by atoms with Crippen molar-refractivity contribution >= 4 is 35.2 Å². The molecule has 0 atom stereocenters. The summed E-state index contributed by atoms with van der Waals surface area (Å²) in [5, 5.41) is 1.60. The lowest BCUT2D eigenvalue weighted by Gasteiger charge is -2.34. The van der Waals surface area contributed by atoms with Crippen molar-refractivity contribution in [2.24, 2.45) is 0 Å². The van der Waals surface area contributed by atoms with Crippen molar-refractivity contribution in [2.75, 3.05) is 0 Å². The first-order valence-electron chi connectivity index (χ1n) is 15.4. The fraction of sp³-hybridized carbons (Fsp3) is 0.636. The third kappa shape index (κ3) is 6.12. The second-order valence-corrected chi connectivity index (χ2v) is 12.6. The van der Waals surface area contributed by atoms with Crippen molar-refractivity contribution in [1.29, 1.82) is 0 Å². The lowest BCUT2D eigenvalue weighted by atomic mass is 9.74. The van der Waals surface area contributed by atoms with Crippen molar-refractivity contribution in [3.05, 3.63) is 41.5 Å². The van der Waals surface area contributed by atoms with Gasteiger partial charge >= 0.3 is 7.12 Å². The van der Waals surface area contributed by atoms with Gasteiger partial charge in [0.15, 0.2) is 0 Å². The normalized spacial score (nSPS) is 18.1. The van der Waals surface area contributed by atoms with Gasteiger partial charge in [0, 0.05) is 22.6 Å². The quantitative estimate of drug-likeness (QED) is 0.141. The Kier molecular flexibility index (Phi) is 9.59. The Bertz CT molecular complexity index is 1120. The summed E-state index contributed by atoms with van der Waals surface area (Å²) in [6.07, 6.45) is 13.5. The summed E-state index contributed by atoms with van der Waals surface area (Å²) in [5.41, 5.74) is 1.15. The molecule has 0 bridgehead atoms. The standard InChI is InChI=1S/C33H48BNO4/c1-7-9-11-13-15-18-24(19-16-14-12-10-8-2)35-30(36)26-21-17-20-25-28(23-22-27(29(25)26)31(35)37)34-38-32(3,4)33(5,6)39-34/h17,20-24H,7-16,18-19H2,1-6H3.